The molecule has 3 rings (SSSR count). The van der Waals surface area contributed by atoms with E-state index >= 15 is 0 Å². The molecule has 0 atom stereocenters. The highest BCUT2D eigenvalue weighted by molar-refractivity contribution is 7.99. The molecule has 0 N–H and O–H groups in total. The number of carbonyl (C=O) groups excluding carboxylic acids is 1. The zero-order chi connectivity index (χ0) is 17.1. The predicted octanol–water partition coefficient (Wildman–Crippen LogP) is 3.56. The molecule has 0 aliphatic rings. The molecule has 0 spiro atoms. The number of benzene rings is 2. The first-order valence-electron chi connectivity index (χ1n) is 7.63. The fraction of sp³-hybridized carbons (Fsp3) is 0.222. The summed E-state index contributed by atoms with van der Waals surface area (Å²) < 4.78 is 1.68. The Morgan fingerprint density at radius 2 is 1.75 bits per heavy atom. The number of nitrogens with zero attached hydrogens (tertiary/aromatic N) is 4. The average molecular weight is 338 g/mol. The van der Waals surface area contributed by atoms with Gasteiger partial charge in [-0.1, -0.05) is 59.3 Å². The third kappa shape index (κ3) is 3.54. The van der Waals surface area contributed by atoms with Crippen molar-refractivity contribution >= 4 is 17.5 Å². The topological polar surface area (TPSA) is 60.7 Å². The number of thioether (sulfide) groups is 1. The number of hydrogen-bond acceptors (Lipinski definition) is 5. The molecule has 5 nitrogen and oxygen atoms in total. The van der Waals surface area contributed by atoms with Crippen LogP contribution in [0, 0.1) is 20.8 Å². The molecule has 0 fully saturated rings. The van der Waals surface area contributed by atoms with Crippen LogP contribution in [0.25, 0.3) is 5.69 Å². The van der Waals surface area contributed by atoms with Crippen LogP contribution in [0.15, 0.2) is 47.6 Å². The summed E-state index contributed by atoms with van der Waals surface area (Å²) in [6.07, 6.45) is 0. The molecular formula is C18H18N4OS. The lowest BCUT2D eigenvalue weighted by molar-refractivity contribution is 0.102. The number of hydrogen-bond donors (Lipinski definition) is 0. The molecule has 122 valence electrons. The number of Topliss-reactive ketones (excluding diaryl/α,β-unsaturated/α-hetero) is 1. The Morgan fingerprint density at radius 1 is 1.04 bits per heavy atom. The molecule has 0 radical (unpaired) electrons. The van der Waals surface area contributed by atoms with Crippen molar-refractivity contribution < 1.29 is 4.79 Å². The van der Waals surface area contributed by atoms with E-state index in [0.29, 0.717) is 16.5 Å². The molecule has 0 bridgehead atoms. The molecule has 1 heterocycles. The van der Waals surface area contributed by atoms with Crippen molar-refractivity contribution in [2.75, 3.05) is 5.75 Å². The zero-order valence-electron chi connectivity index (χ0n) is 13.9. The molecule has 3 aromatic rings. The Kier molecular flexibility index (Phi) is 4.76. The van der Waals surface area contributed by atoms with Crippen molar-refractivity contribution in [2.45, 2.75) is 25.9 Å². The lowest BCUT2D eigenvalue weighted by Crippen LogP contribution is -2.06. The van der Waals surface area contributed by atoms with Gasteiger partial charge in [0.2, 0.25) is 5.16 Å². The van der Waals surface area contributed by atoms with Crippen molar-refractivity contribution in [1.82, 2.24) is 20.2 Å². The van der Waals surface area contributed by atoms with Crippen molar-refractivity contribution in [1.29, 1.82) is 0 Å². The van der Waals surface area contributed by atoms with Gasteiger partial charge in [-0.05, 0) is 42.8 Å². The maximum atomic E-state index is 12.3. The van der Waals surface area contributed by atoms with Crippen LogP contribution in [-0.4, -0.2) is 31.7 Å². The number of carbonyl (C=O) groups is 1. The third-order valence-corrected chi connectivity index (χ3v) is 4.65. The summed E-state index contributed by atoms with van der Waals surface area (Å²) in [5, 5.41) is 12.5. The van der Waals surface area contributed by atoms with Crippen LogP contribution in [0.5, 0.6) is 0 Å². The molecule has 0 aliphatic heterocycles. The van der Waals surface area contributed by atoms with E-state index < -0.39 is 0 Å². The number of aromatic nitrogens is 4. The van der Waals surface area contributed by atoms with Gasteiger partial charge in [-0.15, -0.1) is 5.10 Å². The molecular weight excluding hydrogens is 320 g/mol. The first-order valence-corrected chi connectivity index (χ1v) is 8.62. The summed E-state index contributed by atoms with van der Waals surface area (Å²) >= 11 is 1.35. The second-order valence-corrected chi connectivity index (χ2v) is 6.68. The molecule has 0 amide bonds. The summed E-state index contributed by atoms with van der Waals surface area (Å²) in [6, 6.07) is 13.7. The summed E-state index contributed by atoms with van der Waals surface area (Å²) in [6.45, 7) is 6.07. The summed E-state index contributed by atoms with van der Waals surface area (Å²) in [4.78, 5) is 12.3. The van der Waals surface area contributed by atoms with Gasteiger partial charge in [0.25, 0.3) is 0 Å². The fourth-order valence-corrected chi connectivity index (χ4v) is 3.19. The summed E-state index contributed by atoms with van der Waals surface area (Å²) in [5.74, 6) is 0.365. The second-order valence-electron chi connectivity index (χ2n) is 5.74. The quantitative estimate of drug-likeness (QED) is 0.526. The van der Waals surface area contributed by atoms with Crippen LogP contribution in [0.1, 0.15) is 27.0 Å². The van der Waals surface area contributed by atoms with E-state index in [0.717, 1.165) is 16.8 Å². The van der Waals surface area contributed by atoms with Crippen molar-refractivity contribution in [3.8, 4) is 5.69 Å². The first kappa shape index (κ1) is 16.4. The predicted molar refractivity (Wildman–Crippen MR) is 94.9 cm³/mol. The molecule has 6 heteroatoms. The fourth-order valence-electron chi connectivity index (χ4n) is 2.42. The minimum absolute atomic E-state index is 0.0650. The van der Waals surface area contributed by atoms with E-state index in [9.17, 15) is 4.79 Å². The van der Waals surface area contributed by atoms with Crippen LogP contribution >= 0.6 is 11.8 Å². The summed E-state index contributed by atoms with van der Waals surface area (Å²) in [5.41, 5.74) is 5.05. The van der Waals surface area contributed by atoms with E-state index in [2.05, 4.69) is 21.6 Å². The van der Waals surface area contributed by atoms with Gasteiger partial charge in [-0.2, -0.15) is 4.68 Å². The van der Waals surface area contributed by atoms with E-state index in [1.165, 1.54) is 17.3 Å². The van der Waals surface area contributed by atoms with E-state index in [1.807, 2.05) is 57.2 Å². The number of tetrazole rings is 1. The monoisotopic (exact) mass is 338 g/mol. The van der Waals surface area contributed by atoms with Crippen LogP contribution in [0.2, 0.25) is 0 Å². The lowest BCUT2D eigenvalue weighted by Gasteiger charge is -2.08. The maximum Gasteiger partial charge on any atom is 0.214 e. The van der Waals surface area contributed by atoms with E-state index in [4.69, 9.17) is 0 Å². The number of aryl methyl sites for hydroxylation is 3. The Balaban J connectivity index is 1.76. The van der Waals surface area contributed by atoms with Crippen molar-refractivity contribution in [3.05, 3.63) is 64.7 Å². The smallest absolute Gasteiger partial charge is 0.214 e. The van der Waals surface area contributed by atoms with Gasteiger partial charge in [0.15, 0.2) is 5.78 Å². The molecule has 0 aliphatic carbocycles. The van der Waals surface area contributed by atoms with Crippen LogP contribution in [-0.2, 0) is 0 Å². The van der Waals surface area contributed by atoms with Crippen LogP contribution in [0.3, 0.4) is 0 Å². The third-order valence-electron chi connectivity index (χ3n) is 3.73. The molecule has 0 saturated heterocycles. The highest BCUT2D eigenvalue weighted by Gasteiger charge is 2.14. The van der Waals surface area contributed by atoms with Crippen molar-refractivity contribution in [3.63, 3.8) is 0 Å². The zero-order valence-corrected chi connectivity index (χ0v) is 14.7. The normalized spacial score (nSPS) is 10.8. The van der Waals surface area contributed by atoms with Gasteiger partial charge in [0.05, 0.1) is 11.4 Å². The van der Waals surface area contributed by atoms with Gasteiger partial charge in [0.1, 0.15) is 0 Å². The van der Waals surface area contributed by atoms with Gasteiger partial charge in [0, 0.05) is 5.56 Å². The van der Waals surface area contributed by atoms with Gasteiger partial charge >= 0.3 is 0 Å². The first-order chi connectivity index (χ1) is 11.5. The van der Waals surface area contributed by atoms with Crippen LogP contribution in [0.4, 0.5) is 0 Å². The molecule has 24 heavy (non-hydrogen) atoms. The average Bonchev–Trinajstić information content (AvgIpc) is 3.01. The molecule has 2 aromatic carbocycles. The SMILES string of the molecule is Cc1ccc(C(=O)CSc2nnnn2-c2ccc(C)cc2C)cc1. The highest BCUT2D eigenvalue weighted by atomic mass is 32.2. The Morgan fingerprint density at radius 3 is 2.46 bits per heavy atom. The van der Waals surface area contributed by atoms with Gasteiger partial charge in [-0.3, -0.25) is 4.79 Å². The standard InChI is InChI=1S/C18H18N4OS/c1-12-4-7-15(8-5-12)17(23)11-24-18-19-20-21-22(18)16-9-6-13(2)10-14(16)3/h4-10H,11H2,1-3H3. The minimum atomic E-state index is 0.0650. The van der Waals surface area contributed by atoms with Gasteiger partial charge < -0.3 is 0 Å². The van der Waals surface area contributed by atoms with Crippen LogP contribution < -0.4 is 0 Å². The molecule has 0 saturated carbocycles. The largest absolute Gasteiger partial charge is 0.293 e. The Labute approximate surface area is 145 Å². The minimum Gasteiger partial charge on any atom is -0.293 e. The second kappa shape index (κ2) is 6.97. The Bertz CT molecular complexity index is 871. The van der Waals surface area contributed by atoms with E-state index in [-0.39, 0.29) is 5.78 Å². The highest BCUT2D eigenvalue weighted by Crippen LogP contribution is 2.22. The van der Waals surface area contributed by atoms with Gasteiger partial charge in [-0.25, -0.2) is 0 Å². The summed E-state index contributed by atoms with van der Waals surface area (Å²) in [7, 11) is 0. The van der Waals surface area contributed by atoms with Crippen molar-refractivity contribution in [2.24, 2.45) is 0 Å². The number of ketones is 1. The molecule has 1 aromatic heterocycles. The number of rotatable bonds is 5. The Hall–Kier alpha value is -2.47. The lowest BCUT2D eigenvalue weighted by atomic mass is 10.1. The van der Waals surface area contributed by atoms with E-state index in [1.54, 1.807) is 4.68 Å². The maximum absolute atomic E-state index is 12.3. The molecule has 0 unspecified atom stereocenters.